The van der Waals surface area contributed by atoms with Crippen LogP contribution in [0.2, 0.25) is 5.02 Å². The van der Waals surface area contributed by atoms with E-state index < -0.39 is 15.7 Å². The molecule has 0 atom stereocenters. The van der Waals surface area contributed by atoms with E-state index in [0.717, 1.165) is 17.5 Å². The molecule has 2 aromatic rings. The lowest BCUT2D eigenvalue weighted by atomic mass is 10.2. The third-order valence-electron chi connectivity index (χ3n) is 3.15. The summed E-state index contributed by atoms with van der Waals surface area (Å²) in [5.41, 5.74) is 1.98. The monoisotopic (exact) mass is 382 g/mol. The average Bonchev–Trinajstić information content (AvgIpc) is 2.48. The van der Waals surface area contributed by atoms with Gasteiger partial charge in [-0.3, -0.25) is 10.1 Å². The van der Waals surface area contributed by atoms with E-state index >= 15 is 0 Å². The van der Waals surface area contributed by atoms with Gasteiger partial charge in [0.15, 0.2) is 14.9 Å². The van der Waals surface area contributed by atoms with Crippen LogP contribution in [0, 0.1) is 6.92 Å². The van der Waals surface area contributed by atoms with Crippen molar-refractivity contribution < 1.29 is 13.2 Å². The minimum Gasteiger partial charge on any atom is -0.332 e. The fraction of sp³-hybridized carbons (Fsp3) is 0.125. The van der Waals surface area contributed by atoms with Gasteiger partial charge in [0, 0.05) is 11.9 Å². The van der Waals surface area contributed by atoms with Crippen LogP contribution >= 0.6 is 23.8 Å². The minimum atomic E-state index is -3.39. The van der Waals surface area contributed by atoms with Gasteiger partial charge >= 0.3 is 0 Å². The van der Waals surface area contributed by atoms with Gasteiger partial charge in [-0.25, -0.2) is 8.42 Å². The molecule has 2 N–H and O–H groups in total. The summed E-state index contributed by atoms with van der Waals surface area (Å²) >= 11 is 11.1. The molecule has 0 aliphatic rings. The zero-order valence-corrected chi connectivity index (χ0v) is 15.3. The Morgan fingerprint density at radius 2 is 1.75 bits per heavy atom. The van der Waals surface area contributed by atoms with Crippen LogP contribution in [-0.2, 0) is 9.84 Å². The largest absolute Gasteiger partial charge is 0.332 e. The SMILES string of the molecule is Cc1ccc(NC(=S)NC(=O)c2ccc(S(C)(=O)=O)cc2Cl)cc1. The molecule has 0 saturated heterocycles. The fourth-order valence-electron chi connectivity index (χ4n) is 1.88. The molecule has 0 bridgehead atoms. The number of carbonyl (C=O) groups excluding carboxylic acids is 1. The number of aryl methyl sites for hydroxylation is 1. The Hall–Kier alpha value is -1.96. The van der Waals surface area contributed by atoms with Crippen molar-refractivity contribution in [1.82, 2.24) is 5.32 Å². The van der Waals surface area contributed by atoms with Crippen molar-refractivity contribution in [3.8, 4) is 0 Å². The summed E-state index contributed by atoms with van der Waals surface area (Å²) in [7, 11) is -3.39. The quantitative estimate of drug-likeness (QED) is 0.797. The molecule has 24 heavy (non-hydrogen) atoms. The highest BCUT2D eigenvalue weighted by Gasteiger charge is 2.15. The number of hydrogen-bond acceptors (Lipinski definition) is 4. The molecule has 2 rings (SSSR count). The van der Waals surface area contributed by atoms with E-state index in [-0.39, 0.29) is 20.6 Å². The van der Waals surface area contributed by atoms with Crippen molar-refractivity contribution in [2.24, 2.45) is 0 Å². The smallest absolute Gasteiger partial charge is 0.258 e. The molecule has 0 saturated carbocycles. The summed E-state index contributed by atoms with van der Waals surface area (Å²) in [6.07, 6.45) is 1.07. The normalized spacial score (nSPS) is 11.0. The van der Waals surface area contributed by atoms with E-state index in [0.29, 0.717) is 0 Å². The predicted molar refractivity (Wildman–Crippen MR) is 99.4 cm³/mol. The summed E-state index contributed by atoms with van der Waals surface area (Å²) in [6, 6.07) is 11.4. The molecule has 0 aromatic heterocycles. The van der Waals surface area contributed by atoms with E-state index in [4.69, 9.17) is 23.8 Å². The maximum atomic E-state index is 12.2. The number of hydrogen-bond donors (Lipinski definition) is 2. The number of anilines is 1. The van der Waals surface area contributed by atoms with Crippen LogP contribution in [0.4, 0.5) is 5.69 Å². The Morgan fingerprint density at radius 3 is 2.29 bits per heavy atom. The second-order valence-electron chi connectivity index (χ2n) is 5.19. The number of rotatable bonds is 3. The van der Waals surface area contributed by atoms with Crippen molar-refractivity contribution in [2.45, 2.75) is 11.8 Å². The van der Waals surface area contributed by atoms with Gasteiger partial charge in [-0.15, -0.1) is 0 Å². The Morgan fingerprint density at radius 1 is 1.12 bits per heavy atom. The van der Waals surface area contributed by atoms with Crippen LogP contribution in [0.1, 0.15) is 15.9 Å². The predicted octanol–water partition coefficient (Wildman–Crippen LogP) is 3.18. The number of nitrogens with one attached hydrogen (secondary N) is 2. The van der Waals surface area contributed by atoms with Crippen LogP contribution in [0.25, 0.3) is 0 Å². The Labute approximate surface area is 150 Å². The van der Waals surface area contributed by atoms with Crippen LogP contribution < -0.4 is 10.6 Å². The van der Waals surface area contributed by atoms with E-state index in [1.807, 2.05) is 31.2 Å². The van der Waals surface area contributed by atoms with E-state index in [1.165, 1.54) is 18.2 Å². The summed E-state index contributed by atoms with van der Waals surface area (Å²) in [5, 5.41) is 5.54. The second kappa shape index (κ2) is 7.29. The first-order chi connectivity index (χ1) is 11.2. The summed E-state index contributed by atoms with van der Waals surface area (Å²) < 4.78 is 23.0. The summed E-state index contributed by atoms with van der Waals surface area (Å²) in [6.45, 7) is 1.96. The van der Waals surface area contributed by atoms with E-state index in [9.17, 15) is 13.2 Å². The molecule has 5 nitrogen and oxygen atoms in total. The number of carbonyl (C=O) groups is 1. The lowest BCUT2D eigenvalue weighted by Crippen LogP contribution is -2.34. The molecule has 0 aliphatic carbocycles. The number of halogens is 1. The molecule has 0 aliphatic heterocycles. The van der Waals surface area contributed by atoms with Gasteiger partial charge in [-0.1, -0.05) is 29.3 Å². The highest BCUT2D eigenvalue weighted by atomic mass is 35.5. The zero-order chi connectivity index (χ0) is 17.9. The number of thiocarbonyl (C=S) groups is 1. The molecule has 0 unspecified atom stereocenters. The van der Waals surface area contributed by atoms with Gasteiger partial charge in [-0.05, 0) is 49.5 Å². The van der Waals surface area contributed by atoms with Crippen LogP contribution in [-0.4, -0.2) is 25.7 Å². The number of sulfone groups is 1. The van der Waals surface area contributed by atoms with Gasteiger partial charge in [0.2, 0.25) is 0 Å². The van der Waals surface area contributed by atoms with Crippen molar-refractivity contribution in [2.75, 3.05) is 11.6 Å². The summed E-state index contributed by atoms with van der Waals surface area (Å²) in [5.74, 6) is -0.523. The van der Waals surface area contributed by atoms with Crippen molar-refractivity contribution >= 4 is 50.4 Å². The van der Waals surface area contributed by atoms with Crippen molar-refractivity contribution in [1.29, 1.82) is 0 Å². The first-order valence-electron chi connectivity index (χ1n) is 6.85. The molecule has 0 fully saturated rings. The number of benzene rings is 2. The minimum absolute atomic E-state index is 0.0357. The molecule has 0 heterocycles. The van der Waals surface area contributed by atoms with Crippen LogP contribution in [0.3, 0.4) is 0 Å². The second-order valence-corrected chi connectivity index (χ2v) is 8.02. The fourth-order valence-corrected chi connectivity index (χ4v) is 3.07. The highest BCUT2D eigenvalue weighted by Crippen LogP contribution is 2.21. The third kappa shape index (κ3) is 4.77. The van der Waals surface area contributed by atoms with Crippen LogP contribution in [0.15, 0.2) is 47.4 Å². The van der Waals surface area contributed by atoms with Gasteiger partial charge in [-0.2, -0.15) is 0 Å². The molecule has 0 radical (unpaired) electrons. The van der Waals surface area contributed by atoms with Crippen molar-refractivity contribution in [3.05, 3.63) is 58.6 Å². The van der Waals surface area contributed by atoms with E-state index in [2.05, 4.69) is 10.6 Å². The summed E-state index contributed by atoms with van der Waals surface area (Å²) in [4.78, 5) is 12.3. The molecular formula is C16H15ClN2O3S2. The third-order valence-corrected chi connectivity index (χ3v) is 4.78. The van der Waals surface area contributed by atoms with Gasteiger partial charge in [0.05, 0.1) is 15.5 Å². The first-order valence-corrected chi connectivity index (χ1v) is 9.53. The molecule has 0 spiro atoms. The highest BCUT2D eigenvalue weighted by molar-refractivity contribution is 7.90. The van der Waals surface area contributed by atoms with Gasteiger partial charge in [0.25, 0.3) is 5.91 Å². The topological polar surface area (TPSA) is 75.3 Å². The van der Waals surface area contributed by atoms with E-state index in [1.54, 1.807) is 0 Å². The molecule has 1 amide bonds. The Balaban J connectivity index is 2.09. The van der Waals surface area contributed by atoms with Crippen molar-refractivity contribution in [3.63, 3.8) is 0 Å². The maximum Gasteiger partial charge on any atom is 0.258 e. The van der Waals surface area contributed by atoms with Gasteiger partial charge in [0.1, 0.15) is 0 Å². The Kier molecular flexibility index (Phi) is 5.58. The Bertz CT molecular complexity index is 894. The average molecular weight is 383 g/mol. The van der Waals surface area contributed by atoms with Crippen LogP contribution in [0.5, 0.6) is 0 Å². The maximum absolute atomic E-state index is 12.2. The molecular weight excluding hydrogens is 368 g/mol. The lowest BCUT2D eigenvalue weighted by Gasteiger charge is -2.11. The molecule has 126 valence electrons. The molecule has 2 aromatic carbocycles. The molecule has 8 heteroatoms. The van der Waals surface area contributed by atoms with Gasteiger partial charge < -0.3 is 5.32 Å². The standard InChI is InChI=1S/C16H15ClN2O3S2/c1-10-3-5-11(6-4-10)18-16(23)19-15(20)13-8-7-12(9-14(13)17)24(2,21)22/h3-9H,1-2H3,(H2,18,19,20,23). The zero-order valence-electron chi connectivity index (χ0n) is 13.0. The lowest BCUT2D eigenvalue weighted by molar-refractivity contribution is 0.0978. The first kappa shape index (κ1) is 18.4. The number of amides is 1.